The second kappa shape index (κ2) is 3.85. The van der Waals surface area contributed by atoms with Gasteiger partial charge in [-0.3, -0.25) is 0 Å². The maximum Gasteiger partial charge on any atom is 0.243 e. The van der Waals surface area contributed by atoms with Crippen molar-refractivity contribution in [3.8, 4) is 0 Å². The molecule has 94 valence electrons. The highest BCUT2D eigenvalue weighted by atomic mass is 35.5. The van der Waals surface area contributed by atoms with Gasteiger partial charge >= 0.3 is 0 Å². The van der Waals surface area contributed by atoms with Gasteiger partial charge in [0, 0.05) is 12.2 Å². The van der Waals surface area contributed by atoms with Crippen LogP contribution in [0.3, 0.4) is 0 Å². The smallest absolute Gasteiger partial charge is 0.243 e. The summed E-state index contributed by atoms with van der Waals surface area (Å²) in [6.45, 7) is 0. The molecule has 4 nitrogen and oxygen atoms in total. The van der Waals surface area contributed by atoms with Crippen LogP contribution in [0.4, 0.5) is 5.95 Å². The molecular formula is C13H15ClN4. The molecule has 2 aromatic heterocycles. The van der Waals surface area contributed by atoms with Gasteiger partial charge in [-0.25, -0.2) is 4.52 Å². The van der Waals surface area contributed by atoms with E-state index in [2.05, 4.69) is 15.4 Å². The fourth-order valence-corrected chi connectivity index (χ4v) is 3.66. The van der Waals surface area contributed by atoms with E-state index in [1.807, 2.05) is 12.1 Å². The molecule has 2 saturated carbocycles. The molecule has 0 radical (unpaired) electrons. The van der Waals surface area contributed by atoms with Crippen LogP contribution >= 0.6 is 11.6 Å². The van der Waals surface area contributed by atoms with Gasteiger partial charge in [0.15, 0.2) is 5.65 Å². The third-order valence-electron chi connectivity index (χ3n) is 4.35. The second-order valence-electron chi connectivity index (χ2n) is 5.51. The van der Waals surface area contributed by atoms with Crippen molar-refractivity contribution in [3.63, 3.8) is 0 Å². The Bertz CT molecular complexity index is 594. The van der Waals surface area contributed by atoms with Crippen molar-refractivity contribution < 1.29 is 0 Å². The number of pyridine rings is 1. The average Bonchev–Trinajstić information content (AvgIpc) is 3.02. The van der Waals surface area contributed by atoms with Crippen molar-refractivity contribution in [3.05, 3.63) is 23.4 Å². The lowest BCUT2D eigenvalue weighted by molar-refractivity contribution is 0.438. The van der Waals surface area contributed by atoms with Crippen molar-refractivity contribution in [2.75, 3.05) is 5.32 Å². The minimum absolute atomic E-state index is 0.566. The first kappa shape index (κ1) is 10.6. The minimum Gasteiger partial charge on any atom is -0.350 e. The fraction of sp³-hybridized carbons (Fsp3) is 0.538. The lowest BCUT2D eigenvalue weighted by Gasteiger charge is -2.21. The van der Waals surface area contributed by atoms with E-state index in [0.717, 1.165) is 23.4 Å². The number of anilines is 1. The molecule has 18 heavy (non-hydrogen) atoms. The molecule has 2 fully saturated rings. The van der Waals surface area contributed by atoms with Crippen molar-refractivity contribution in [2.24, 2.45) is 11.8 Å². The molecule has 5 heteroatoms. The summed E-state index contributed by atoms with van der Waals surface area (Å²) in [6.07, 6.45) is 7.23. The fourth-order valence-electron chi connectivity index (χ4n) is 3.51. The van der Waals surface area contributed by atoms with Gasteiger partial charge < -0.3 is 5.32 Å². The summed E-state index contributed by atoms with van der Waals surface area (Å²) in [4.78, 5) is 4.48. The first-order chi connectivity index (χ1) is 8.78. The van der Waals surface area contributed by atoms with Gasteiger partial charge in [-0.1, -0.05) is 18.0 Å². The largest absolute Gasteiger partial charge is 0.350 e. The maximum absolute atomic E-state index is 5.94. The molecule has 2 aliphatic carbocycles. The molecule has 0 amide bonds. The Morgan fingerprint density at radius 3 is 3.00 bits per heavy atom. The third-order valence-corrected chi connectivity index (χ3v) is 4.57. The number of aromatic nitrogens is 3. The van der Waals surface area contributed by atoms with E-state index < -0.39 is 0 Å². The molecule has 2 bridgehead atoms. The Labute approximate surface area is 110 Å². The summed E-state index contributed by atoms with van der Waals surface area (Å²) in [5, 5.41) is 8.61. The zero-order valence-corrected chi connectivity index (χ0v) is 10.8. The molecule has 1 N–H and O–H groups in total. The Balaban J connectivity index is 1.59. The van der Waals surface area contributed by atoms with E-state index in [1.165, 1.54) is 25.7 Å². The molecule has 0 aromatic carbocycles. The SMILES string of the molecule is Clc1ccc2nc(NC3CC4CCC3C4)nn2c1. The van der Waals surface area contributed by atoms with Crippen molar-refractivity contribution in [1.82, 2.24) is 14.6 Å². The van der Waals surface area contributed by atoms with Crippen LogP contribution in [-0.2, 0) is 0 Å². The highest BCUT2D eigenvalue weighted by Crippen LogP contribution is 2.45. The molecule has 2 heterocycles. The van der Waals surface area contributed by atoms with Crippen LogP contribution in [0.5, 0.6) is 0 Å². The first-order valence-electron chi connectivity index (χ1n) is 6.56. The molecule has 2 aromatic rings. The van der Waals surface area contributed by atoms with Crippen LogP contribution < -0.4 is 5.32 Å². The zero-order chi connectivity index (χ0) is 12.1. The Morgan fingerprint density at radius 2 is 2.22 bits per heavy atom. The lowest BCUT2D eigenvalue weighted by atomic mass is 9.95. The molecular weight excluding hydrogens is 248 g/mol. The van der Waals surface area contributed by atoms with E-state index in [0.29, 0.717) is 11.1 Å². The molecule has 4 rings (SSSR count). The Hall–Kier alpha value is -1.29. The molecule has 0 spiro atoms. The standard InChI is InChI=1S/C13H15ClN4/c14-10-3-4-12-16-13(17-18(12)7-10)15-11-6-8-1-2-9(11)5-8/h3-4,7-9,11H,1-2,5-6H2,(H,15,17). The van der Waals surface area contributed by atoms with Crippen LogP contribution in [0.25, 0.3) is 5.65 Å². The number of nitrogens with zero attached hydrogens (tertiary/aromatic N) is 3. The number of nitrogens with one attached hydrogen (secondary N) is 1. The summed E-state index contributed by atoms with van der Waals surface area (Å²) in [5.74, 6) is 2.49. The van der Waals surface area contributed by atoms with Crippen LogP contribution in [0.2, 0.25) is 5.02 Å². The van der Waals surface area contributed by atoms with E-state index in [9.17, 15) is 0 Å². The quantitative estimate of drug-likeness (QED) is 0.905. The third kappa shape index (κ3) is 1.67. The van der Waals surface area contributed by atoms with Crippen LogP contribution in [-0.4, -0.2) is 20.6 Å². The normalized spacial score (nSPS) is 30.2. The van der Waals surface area contributed by atoms with E-state index in [4.69, 9.17) is 11.6 Å². The summed E-state index contributed by atoms with van der Waals surface area (Å²) in [6, 6.07) is 4.30. The zero-order valence-electron chi connectivity index (χ0n) is 10.0. The Kier molecular flexibility index (Phi) is 2.27. The summed E-state index contributed by atoms with van der Waals surface area (Å²) >= 11 is 5.94. The number of hydrogen-bond acceptors (Lipinski definition) is 3. The van der Waals surface area contributed by atoms with E-state index in [-0.39, 0.29) is 0 Å². The van der Waals surface area contributed by atoms with Gasteiger partial charge in [0.25, 0.3) is 0 Å². The topological polar surface area (TPSA) is 42.2 Å². The van der Waals surface area contributed by atoms with E-state index >= 15 is 0 Å². The average molecular weight is 263 g/mol. The predicted molar refractivity (Wildman–Crippen MR) is 70.9 cm³/mol. The number of rotatable bonds is 2. The molecule has 2 aliphatic rings. The summed E-state index contributed by atoms with van der Waals surface area (Å²) in [5.41, 5.74) is 0.838. The predicted octanol–water partition coefficient (Wildman–Crippen LogP) is 2.98. The van der Waals surface area contributed by atoms with E-state index in [1.54, 1.807) is 10.7 Å². The summed E-state index contributed by atoms with van der Waals surface area (Å²) < 4.78 is 1.73. The number of hydrogen-bond donors (Lipinski definition) is 1. The number of halogens is 1. The molecule has 0 saturated heterocycles. The van der Waals surface area contributed by atoms with Crippen molar-refractivity contribution >= 4 is 23.2 Å². The van der Waals surface area contributed by atoms with Gasteiger partial charge in [-0.2, -0.15) is 4.98 Å². The van der Waals surface area contributed by atoms with Crippen molar-refractivity contribution in [1.29, 1.82) is 0 Å². The maximum atomic E-state index is 5.94. The highest BCUT2D eigenvalue weighted by molar-refractivity contribution is 6.30. The summed E-state index contributed by atoms with van der Waals surface area (Å²) in [7, 11) is 0. The first-order valence-corrected chi connectivity index (χ1v) is 6.94. The second-order valence-corrected chi connectivity index (χ2v) is 5.95. The molecule has 0 aliphatic heterocycles. The van der Waals surface area contributed by atoms with Gasteiger partial charge in [-0.05, 0) is 43.2 Å². The Morgan fingerprint density at radius 1 is 1.28 bits per heavy atom. The highest BCUT2D eigenvalue weighted by Gasteiger charge is 2.39. The monoisotopic (exact) mass is 262 g/mol. The van der Waals surface area contributed by atoms with Crippen LogP contribution in [0, 0.1) is 11.8 Å². The van der Waals surface area contributed by atoms with Crippen LogP contribution in [0.1, 0.15) is 25.7 Å². The van der Waals surface area contributed by atoms with Gasteiger partial charge in [-0.15, -0.1) is 5.10 Å². The lowest BCUT2D eigenvalue weighted by Crippen LogP contribution is -2.26. The number of fused-ring (bicyclic) bond motifs is 3. The van der Waals surface area contributed by atoms with Gasteiger partial charge in [0.1, 0.15) is 0 Å². The van der Waals surface area contributed by atoms with Crippen molar-refractivity contribution in [2.45, 2.75) is 31.7 Å². The molecule has 3 atom stereocenters. The van der Waals surface area contributed by atoms with Gasteiger partial charge in [0.05, 0.1) is 5.02 Å². The minimum atomic E-state index is 0.566. The van der Waals surface area contributed by atoms with Crippen LogP contribution in [0.15, 0.2) is 18.3 Å². The van der Waals surface area contributed by atoms with Gasteiger partial charge in [0.2, 0.25) is 5.95 Å². The molecule has 3 unspecified atom stereocenters.